The molecule has 0 aromatic heterocycles. The summed E-state index contributed by atoms with van der Waals surface area (Å²) in [6.45, 7) is 0.546. The highest BCUT2D eigenvalue weighted by atomic mass is 16.6. The van der Waals surface area contributed by atoms with Crippen LogP contribution in [-0.4, -0.2) is 17.3 Å². The van der Waals surface area contributed by atoms with Gasteiger partial charge < -0.3 is 5.11 Å². The highest BCUT2D eigenvalue weighted by molar-refractivity contribution is 5.13. The number of hydrogen-bond donors (Lipinski definition) is 2. The minimum Gasteiger partial charge on any atom is -0.391 e. The highest BCUT2D eigenvalue weighted by Crippen LogP contribution is 2.18. The second-order valence-electron chi connectivity index (χ2n) is 4.00. The van der Waals surface area contributed by atoms with Gasteiger partial charge >= 0.3 is 0 Å². The van der Waals surface area contributed by atoms with E-state index < -0.39 is 0 Å². The van der Waals surface area contributed by atoms with Crippen molar-refractivity contribution < 1.29 is 9.94 Å². The summed E-state index contributed by atoms with van der Waals surface area (Å²) < 4.78 is 0. The fraction of sp³-hybridized carbons (Fsp3) is 0.500. The van der Waals surface area contributed by atoms with Crippen LogP contribution in [0.5, 0.6) is 0 Å². The molecule has 2 atom stereocenters. The Morgan fingerprint density at radius 1 is 1.27 bits per heavy atom. The lowest BCUT2D eigenvalue weighted by Gasteiger charge is -2.15. The Morgan fingerprint density at radius 3 is 2.73 bits per heavy atom. The number of benzene rings is 1. The largest absolute Gasteiger partial charge is 0.391 e. The molecule has 15 heavy (non-hydrogen) atoms. The van der Waals surface area contributed by atoms with Crippen molar-refractivity contribution in [2.75, 3.05) is 0 Å². The van der Waals surface area contributed by atoms with Crippen molar-refractivity contribution in [3.8, 4) is 0 Å². The van der Waals surface area contributed by atoms with Crippen molar-refractivity contribution in [1.29, 1.82) is 0 Å². The number of aliphatic hydroxyl groups is 1. The Kier molecular flexibility index (Phi) is 3.72. The van der Waals surface area contributed by atoms with E-state index in [1.165, 1.54) is 0 Å². The normalized spacial score (nSPS) is 25.7. The first-order valence-electron chi connectivity index (χ1n) is 5.45. The topological polar surface area (TPSA) is 41.5 Å². The van der Waals surface area contributed by atoms with Crippen LogP contribution < -0.4 is 5.48 Å². The Hall–Kier alpha value is -0.900. The minimum absolute atomic E-state index is 0.105. The molecule has 0 spiro atoms. The molecule has 1 aliphatic carbocycles. The van der Waals surface area contributed by atoms with Crippen LogP contribution in [0.2, 0.25) is 0 Å². The first-order chi connectivity index (χ1) is 7.36. The third kappa shape index (κ3) is 3.02. The van der Waals surface area contributed by atoms with Gasteiger partial charge in [0.05, 0.1) is 18.8 Å². The van der Waals surface area contributed by atoms with Crippen LogP contribution in [0.1, 0.15) is 24.8 Å². The average Bonchev–Trinajstić information content (AvgIpc) is 2.66. The van der Waals surface area contributed by atoms with Crippen LogP contribution in [0, 0.1) is 0 Å². The van der Waals surface area contributed by atoms with E-state index in [-0.39, 0.29) is 12.1 Å². The van der Waals surface area contributed by atoms with Gasteiger partial charge in [-0.25, -0.2) is 0 Å². The fourth-order valence-electron chi connectivity index (χ4n) is 1.88. The van der Waals surface area contributed by atoms with Crippen molar-refractivity contribution in [2.45, 2.75) is 38.0 Å². The van der Waals surface area contributed by atoms with Crippen LogP contribution in [0.4, 0.5) is 0 Å². The fourth-order valence-corrected chi connectivity index (χ4v) is 1.88. The van der Waals surface area contributed by atoms with E-state index in [2.05, 4.69) is 5.48 Å². The van der Waals surface area contributed by atoms with Gasteiger partial charge in [0.25, 0.3) is 0 Å². The lowest BCUT2D eigenvalue weighted by Crippen LogP contribution is -2.35. The molecule has 1 aliphatic rings. The first kappa shape index (κ1) is 10.6. The summed E-state index contributed by atoms with van der Waals surface area (Å²) >= 11 is 0. The van der Waals surface area contributed by atoms with Crippen LogP contribution in [-0.2, 0) is 11.4 Å². The maximum absolute atomic E-state index is 9.54. The Morgan fingerprint density at radius 2 is 2.07 bits per heavy atom. The molecule has 0 saturated heterocycles. The minimum atomic E-state index is -0.249. The van der Waals surface area contributed by atoms with E-state index in [9.17, 15) is 5.11 Å². The predicted molar refractivity (Wildman–Crippen MR) is 58.0 cm³/mol. The lowest BCUT2D eigenvalue weighted by atomic mass is 10.2. The Balaban J connectivity index is 1.71. The van der Waals surface area contributed by atoms with Crippen molar-refractivity contribution in [1.82, 2.24) is 5.48 Å². The third-order valence-corrected chi connectivity index (χ3v) is 2.80. The highest BCUT2D eigenvalue weighted by Gasteiger charge is 2.24. The Bertz CT molecular complexity index is 289. The smallest absolute Gasteiger partial charge is 0.0933 e. The van der Waals surface area contributed by atoms with Crippen molar-refractivity contribution >= 4 is 0 Å². The van der Waals surface area contributed by atoms with Crippen LogP contribution >= 0.6 is 0 Å². The maximum atomic E-state index is 9.54. The molecule has 0 bridgehead atoms. The van der Waals surface area contributed by atoms with Gasteiger partial charge in [0.2, 0.25) is 0 Å². The van der Waals surface area contributed by atoms with Gasteiger partial charge in [-0.1, -0.05) is 30.3 Å². The van der Waals surface area contributed by atoms with Gasteiger partial charge in [0.15, 0.2) is 0 Å². The molecule has 0 heterocycles. The van der Waals surface area contributed by atoms with E-state index in [1.807, 2.05) is 30.3 Å². The van der Waals surface area contributed by atoms with E-state index in [0.717, 1.165) is 24.8 Å². The van der Waals surface area contributed by atoms with Crippen molar-refractivity contribution in [2.24, 2.45) is 0 Å². The SMILES string of the molecule is O[C@@H]1CCC[C@H]1NOCc1ccccc1. The molecule has 0 aliphatic heterocycles. The molecule has 3 heteroatoms. The number of nitrogens with one attached hydrogen (secondary N) is 1. The number of aliphatic hydroxyl groups excluding tert-OH is 1. The summed E-state index contributed by atoms with van der Waals surface area (Å²) in [5.41, 5.74) is 4.07. The zero-order chi connectivity index (χ0) is 10.5. The molecule has 1 saturated carbocycles. The molecule has 3 nitrogen and oxygen atoms in total. The van der Waals surface area contributed by atoms with Gasteiger partial charge in [0.1, 0.15) is 0 Å². The summed E-state index contributed by atoms with van der Waals surface area (Å²) in [7, 11) is 0. The lowest BCUT2D eigenvalue weighted by molar-refractivity contribution is -0.0228. The van der Waals surface area contributed by atoms with Gasteiger partial charge in [0, 0.05) is 0 Å². The average molecular weight is 207 g/mol. The monoisotopic (exact) mass is 207 g/mol. The summed E-state index contributed by atoms with van der Waals surface area (Å²) in [4.78, 5) is 5.36. The molecular weight excluding hydrogens is 190 g/mol. The quantitative estimate of drug-likeness (QED) is 0.737. The molecule has 2 N–H and O–H groups in total. The van der Waals surface area contributed by atoms with Crippen LogP contribution in [0.15, 0.2) is 30.3 Å². The van der Waals surface area contributed by atoms with Crippen LogP contribution in [0.3, 0.4) is 0 Å². The summed E-state index contributed by atoms with van der Waals surface area (Å²) in [6.07, 6.45) is 2.70. The molecule has 2 rings (SSSR count). The van der Waals surface area contributed by atoms with Crippen molar-refractivity contribution in [3.05, 3.63) is 35.9 Å². The van der Waals surface area contributed by atoms with Gasteiger partial charge in [-0.2, -0.15) is 5.48 Å². The molecule has 1 aromatic carbocycles. The summed E-state index contributed by atoms with van der Waals surface area (Å²) in [6, 6.07) is 10.1. The summed E-state index contributed by atoms with van der Waals surface area (Å²) in [5.74, 6) is 0. The van der Waals surface area contributed by atoms with Crippen molar-refractivity contribution in [3.63, 3.8) is 0 Å². The van der Waals surface area contributed by atoms with Gasteiger partial charge in [-0.3, -0.25) is 4.84 Å². The summed E-state index contributed by atoms with van der Waals surface area (Å²) in [5, 5.41) is 9.54. The van der Waals surface area contributed by atoms with Gasteiger partial charge in [-0.05, 0) is 24.8 Å². The Labute approximate surface area is 90.0 Å². The zero-order valence-electron chi connectivity index (χ0n) is 8.73. The molecular formula is C12H17NO2. The van der Waals surface area contributed by atoms with E-state index >= 15 is 0 Å². The standard InChI is InChI=1S/C12H17NO2/c14-12-8-4-7-11(12)13-15-9-10-5-2-1-3-6-10/h1-3,5-6,11-14H,4,7-9H2/t11-,12-/m1/s1. The van der Waals surface area contributed by atoms with Crippen LogP contribution in [0.25, 0.3) is 0 Å². The molecule has 1 aromatic rings. The first-order valence-corrected chi connectivity index (χ1v) is 5.45. The predicted octanol–water partition coefficient (Wildman–Crippen LogP) is 1.62. The third-order valence-electron chi connectivity index (χ3n) is 2.80. The number of hydroxylamine groups is 1. The molecule has 0 amide bonds. The zero-order valence-corrected chi connectivity index (χ0v) is 8.73. The van der Waals surface area contributed by atoms with Gasteiger partial charge in [-0.15, -0.1) is 0 Å². The molecule has 82 valence electrons. The van der Waals surface area contributed by atoms with E-state index in [0.29, 0.717) is 6.61 Å². The second-order valence-corrected chi connectivity index (χ2v) is 4.00. The molecule has 1 fully saturated rings. The molecule has 0 radical (unpaired) electrons. The number of hydrogen-bond acceptors (Lipinski definition) is 3. The number of rotatable bonds is 4. The maximum Gasteiger partial charge on any atom is 0.0933 e. The van der Waals surface area contributed by atoms with E-state index in [4.69, 9.17) is 4.84 Å². The van der Waals surface area contributed by atoms with E-state index in [1.54, 1.807) is 0 Å². The second kappa shape index (κ2) is 5.26. The molecule has 0 unspecified atom stereocenters.